The average Bonchev–Trinajstić information content (AvgIpc) is 2.54. The molecule has 0 saturated heterocycles. The number of carbonyl (C=O) groups excluding carboxylic acids is 1. The maximum Gasteiger partial charge on any atom is 0.326 e. The summed E-state index contributed by atoms with van der Waals surface area (Å²) >= 11 is 0. The van der Waals surface area contributed by atoms with E-state index in [0.29, 0.717) is 0 Å². The molecule has 1 aromatic heterocycles. The molecule has 1 heterocycles. The van der Waals surface area contributed by atoms with Crippen molar-refractivity contribution in [1.29, 1.82) is 0 Å². The summed E-state index contributed by atoms with van der Waals surface area (Å²) in [6.45, 7) is 2.07. The van der Waals surface area contributed by atoms with Crippen molar-refractivity contribution in [1.82, 2.24) is 10.3 Å². The molecule has 2 N–H and O–H groups in total. The van der Waals surface area contributed by atoms with Gasteiger partial charge in [-0.05, 0) is 43.8 Å². The van der Waals surface area contributed by atoms with Crippen LogP contribution in [-0.2, 0) is 0 Å². The van der Waals surface area contributed by atoms with E-state index >= 15 is 0 Å². The SMILES string of the molecule is CNC(C)c1cccc(NC(=O)N(C)c2cccnc2)c1. The number of carbonyl (C=O) groups is 1. The third-order valence-corrected chi connectivity index (χ3v) is 3.41. The van der Waals surface area contributed by atoms with Gasteiger partial charge in [0.2, 0.25) is 0 Å². The Morgan fingerprint density at radius 1 is 1.29 bits per heavy atom. The third-order valence-electron chi connectivity index (χ3n) is 3.41. The lowest BCUT2D eigenvalue weighted by Crippen LogP contribution is -2.31. The van der Waals surface area contributed by atoms with Crippen LogP contribution in [0.25, 0.3) is 0 Å². The molecule has 21 heavy (non-hydrogen) atoms. The first-order chi connectivity index (χ1) is 10.1. The van der Waals surface area contributed by atoms with E-state index in [1.54, 1.807) is 25.5 Å². The molecular formula is C16H20N4O. The van der Waals surface area contributed by atoms with Crippen LogP contribution in [0.3, 0.4) is 0 Å². The van der Waals surface area contributed by atoms with Crippen LogP contribution in [-0.4, -0.2) is 25.1 Å². The Kier molecular flexibility index (Phi) is 4.90. The topological polar surface area (TPSA) is 57.3 Å². The molecule has 0 bridgehead atoms. The summed E-state index contributed by atoms with van der Waals surface area (Å²) in [5.74, 6) is 0. The second kappa shape index (κ2) is 6.85. The minimum atomic E-state index is -0.197. The van der Waals surface area contributed by atoms with Crippen molar-refractivity contribution in [3.63, 3.8) is 0 Å². The molecule has 0 aliphatic rings. The minimum absolute atomic E-state index is 0.197. The Labute approximate surface area is 125 Å². The predicted octanol–water partition coefficient (Wildman–Crippen LogP) is 3.03. The van der Waals surface area contributed by atoms with Crippen LogP contribution in [0.1, 0.15) is 18.5 Å². The van der Waals surface area contributed by atoms with Crippen molar-refractivity contribution in [3.05, 3.63) is 54.4 Å². The van der Waals surface area contributed by atoms with Crippen LogP contribution >= 0.6 is 0 Å². The number of nitrogens with zero attached hydrogens (tertiary/aromatic N) is 2. The first-order valence-corrected chi connectivity index (χ1v) is 6.84. The van der Waals surface area contributed by atoms with E-state index in [-0.39, 0.29) is 12.1 Å². The van der Waals surface area contributed by atoms with E-state index in [4.69, 9.17) is 0 Å². The van der Waals surface area contributed by atoms with Crippen LogP contribution in [0, 0.1) is 0 Å². The molecule has 0 aliphatic carbocycles. The molecule has 2 aromatic rings. The quantitative estimate of drug-likeness (QED) is 0.907. The maximum atomic E-state index is 12.2. The zero-order chi connectivity index (χ0) is 15.2. The molecule has 0 fully saturated rings. The number of hydrogen-bond donors (Lipinski definition) is 2. The Morgan fingerprint density at radius 3 is 2.76 bits per heavy atom. The Hall–Kier alpha value is -2.40. The molecule has 5 heteroatoms. The number of rotatable bonds is 4. The summed E-state index contributed by atoms with van der Waals surface area (Å²) in [7, 11) is 3.62. The lowest BCUT2D eigenvalue weighted by molar-refractivity contribution is 0.258. The van der Waals surface area contributed by atoms with Crippen LogP contribution in [0.4, 0.5) is 16.2 Å². The van der Waals surface area contributed by atoms with Crippen molar-refractivity contribution >= 4 is 17.4 Å². The minimum Gasteiger partial charge on any atom is -0.313 e. The van der Waals surface area contributed by atoms with Gasteiger partial charge in [0.15, 0.2) is 0 Å². The number of hydrogen-bond acceptors (Lipinski definition) is 3. The van der Waals surface area contributed by atoms with Gasteiger partial charge in [0, 0.05) is 25.0 Å². The van der Waals surface area contributed by atoms with Crippen molar-refractivity contribution in [2.45, 2.75) is 13.0 Å². The molecule has 0 radical (unpaired) electrons. The van der Waals surface area contributed by atoms with E-state index in [2.05, 4.69) is 22.5 Å². The van der Waals surface area contributed by atoms with Gasteiger partial charge < -0.3 is 10.6 Å². The predicted molar refractivity (Wildman–Crippen MR) is 85.6 cm³/mol. The molecular weight excluding hydrogens is 264 g/mol. The maximum absolute atomic E-state index is 12.2. The number of pyridine rings is 1. The van der Waals surface area contributed by atoms with E-state index in [9.17, 15) is 4.79 Å². The zero-order valence-corrected chi connectivity index (χ0v) is 12.5. The second-order valence-corrected chi connectivity index (χ2v) is 4.84. The van der Waals surface area contributed by atoms with Crippen molar-refractivity contribution in [2.24, 2.45) is 0 Å². The Morgan fingerprint density at radius 2 is 2.10 bits per heavy atom. The molecule has 110 valence electrons. The van der Waals surface area contributed by atoms with Gasteiger partial charge >= 0.3 is 6.03 Å². The molecule has 2 rings (SSSR count). The largest absolute Gasteiger partial charge is 0.326 e. The number of urea groups is 1. The number of amides is 2. The first-order valence-electron chi connectivity index (χ1n) is 6.84. The summed E-state index contributed by atoms with van der Waals surface area (Å²) in [6.07, 6.45) is 3.33. The van der Waals surface area contributed by atoms with Crippen LogP contribution < -0.4 is 15.5 Å². The van der Waals surface area contributed by atoms with Gasteiger partial charge in [0.25, 0.3) is 0 Å². The fourth-order valence-corrected chi connectivity index (χ4v) is 1.93. The fraction of sp³-hybridized carbons (Fsp3) is 0.250. The molecule has 5 nitrogen and oxygen atoms in total. The third kappa shape index (κ3) is 3.79. The average molecular weight is 284 g/mol. The van der Waals surface area contributed by atoms with Gasteiger partial charge in [-0.1, -0.05) is 12.1 Å². The fourth-order valence-electron chi connectivity index (χ4n) is 1.93. The Bertz CT molecular complexity index is 600. The number of anilines is 2. The van der Waals surface area contributed by atoms with Gasteiger partial charge in [-0.25, -0.2) is 4.79 Å². The summed E-state index contributed by atoms with van der Waals surface area (Å²) in [5, 5.41) is 6.07. The highest BCUT2D eigenvalue weighted by atomic mass is 16.2. The summed E-state index contributed by atoms with van der Waals surface area (Å²) in [4.78, 5) is 17.8. The smallest absolute Gasteiger partial charge is 0.313 e. The monoisotopic (exact) mass is 284 g/mol. The summed E-state index contributed by atoms with van der Waals surface area (Å²) in [5.41, 5.74) is 2.64. The van der Waals surface area contributed by atoms with Crippen molar-refractivity contribution in [2.75, 3.05) is 24.3 Å². The second-order valence-electron chi connectivity index (χ2n) is 4.84. The summed E-state index contributed by atoms with van der Waals surface area (Å²) in [6, 6.07) is 11.5. The number of aromatic nitrogens is 1. The molecule has 2 amide bonds. The van der Waals surface area contributed by atoms with E-state index in [1.807, 2.05) is 37.4 Å². The normalized spacial score (nSPS) is 11.8. The van der Waals surface area contributed by atoms with Gasteiger partial charge in [-0.2, -0.15) is 0 Å². The van der Waals surface area contributed by atoms with E-state index < -0.39 is 0 Å². The molecule has 1 aromatic carbocycles. The standard InChI is InChI=1S/C16H20N4O/c1-12(17-2)13-6-4-7-14(10-13)19-16(21)20(3)15-8-5-9-18-11-15/h4-12,17H,1-3H3,(H,19,21). The van der Waals surface area contributed by atoms with Gasteiger partial charge in [-0.3, -0.25) is 9.88 Å². The number of benzene rings is 1. The van der Waals surface area contributed by atoms with E-state index in [1.165, 1.54) is 4.90 Å². The highest BCUT2D eigenvalue weighted by Crippen LogP contribution is 2.18. The highest BCUT2D eigenvalue weighted by molar-refractivity contribution is 6.01. The van der Waals surface area contributed by atoms with Crippen LogP contribution in [0.15, 0.2) is 48.8 Å². The molecule has 1 atom stereocenters. The lowest BCUT2D eigenvalue weighted by atomic mass is 10.1. The van der Waals surface area contributed by atoms with Gasteiger partial charge in [-0.15, -0.1) is 0 Å². The van der Waals surface area contributed by atoms with Gasteiger partial charge in [0.05, 0.1) is 11.9 Å². The van der Waals surface area contributed by atoms with Crippen molar-refractivity contribution < 1.29 is 4.79 Å². The molecule has 0 aliphatic heterocycles. The lowest BCUT2D eigenvalue weighted by Gasteiger charge is -2.18. The van der Waals surface area contributed by atoms with Gasteiger partial charge in [0.1, 0.15) is 0 Å². The molecule has 1 unspecified atom stereocenters. The number of nitrogens with one attached hydrogen (secondary N) is 2. The van der Waals surface area contributed by atoms with Crippen LogP contribution in [0.5, 0.6) is 0 Å². The highest BCUT2D eigenvalue weighted by Gasteiger charge is 2.11. The zero-order valence-electron chi connectivity index (χ0n) is 12.5. The molecule has 0 spiro atoms. The van der Waals surface area contributed by atoms with Crippen LogP contribution in [0.2, 0.25) is 0 Å². The first kappa shape index (κ1) is 15.0. The van der Waals surface area contributed by atoms with Crippen molar-refractivity contribution in [3.8, 4) is 0 Å². The van der Waals surface area contributed by atoms with E-state index in [0.717, 1.165) is 16.9 Å². The molecule has 0 saturated carbocycles. The Balaban J connectivity index is 2.09. The summed E-state index contributed by atoms with van der Waals surface area (Å²) < 4.78 is 0.